The number of aromatic nitrogens is 2. The third-order valence-electron chi connectivity index (χ3n) is 4.80. The van der Waals surface area contributed by atoms with E-state index in [1.807, 2.05) is 0 Å². The molecule has 7 heteroatoms. The Hall–Kier alpha value is -2.54. The number of hydrogen-bond acceptors (Lipinski definition) is 5. The lowest BCUT2D eigenvalue weighted by Gasteiger charge is -2.36. The number of nitrogens with two attached hydrogens (primary N) is 1. The number of halogens is 1. The summed E-state index contributed by atoms with van der Waals surface area (Å²) in [6.07, 6.45) is 0.586. The van der Waals surface area contributed by atoms with Gasteiger partial charge in [-0.15, -0.1) is 0 Å². The number of carbonyl (C=O) groups is 1. The summed E-state index contributed by atoms with van der Waals surface area (Å²) in [7, 11) is 0. The van der Waals surface area contributed by atoms with Gasteiger partial charge in [-0.1, -0.05) is 26.0 Å². The molecule has 0 radical (unpaired) electrons. The van der Waals surface area contributed by atoms with Crippen LogP contribution < -0.4 is 5.73 Å². The van der Waals surface area contributed by atoms with Crippen LogP contribution in [0.15, 0.2) is 30.3 Å². The first-order chi connectivity index (χ1) is 12.8. The molecule has 144 valence electrons. The number of nitrogens with zero attached hydrogens (tertiary/aromatic N) is 3. The summed E-state index contributed by atoms with van der Waals surface area (Å²) in [5, 5.41) is 10.5. The van der Waals surface area contributed by atoms with Gasteiger partial charge in [0.15, 0.2) is 0 Å². The zero-order valence-electron chi connectivity index (χ0n) is 15.6. The number of carbonyl (C=O) groups excluding carboxylic acids is 1. The third kappa shape index (κ3) is 4.60. The van der Waals surface area contributed by atoms with E-state index in [1.165, 1.54) is 12.1 Å². The minimum Gasteiger partial charge on any atom is -0.391 e. The van der Waals surface area contributed by atoms with E-state index in [4.69, 9.17) is 5.73 Å². The second-order valence-corrected chi connectivity index (χ2v) is 7.47. The number of benzene rings is 1. The fourth-order valence-electron chi connectivity index (χ4n) is 3.53. The minimum absolute atomic E-state index is 0.0817. The number of likely N-dealkylation sites (tertiary alicyclic amines) is 1. The zero-order chi connectivity index (χ0) is 19.6. The molecule has 2 heterocycles. The highest BCUT2D eigenvalue weighted by Gasteiger charge is 2.32. The van der Waals surface area contributed by atoms with E-state index in [9.17, 15) is 14.3 Å². The molecule has 6 nitrogen and oxygen atoms in total. The van der Waals surface area contributed by atoms with Crippen molar-refractivity contribution in [2.45, 2.75) is 38.7 Å². The van der Waals surface area contributed by atoms with Crippen LogP contribution in [0.25, 0.3) is 0 Å². The first-order valence-electron chi connectivity index (χ1n) is 9.19. The van der Waals surface area contributed by atoms with Crippen LogP contribution in [0.4, 0.5) is 10.3 Å². The maximum absolute atomic E-state index is 13.1. The lowest BCUT2D eigenvalue weighted by molar-refractivity contribution is 0.0377. The zero-order valence-corrected chi connectivity index (χ0v) is 15.6. The lowest BCUT2D eigenvalue weighted by atomic mass is 9.87. The largest absolute Gasteiger partial charge is 0.391 e. The Morgan fingerprint density at radius 2 is 2.04 bits per heavy atom. The molecular formula is C20H25FN4O2. The van der Waals surface area contributed by atoms with Crippen molar-refractivity contribution in [1.29, 1.82) is 0 Å². The number of β-amino-alcohol motifs (C(OH)–C–C–N with tert-alkyl or cyclic N) is 1. The van der Waals surface area contributed by atoms with Gasteiger partial charge in [-0.3, -0.25) is 4.79 Å². The molecule has 1 aliphatic rings. The molecule has 3 rings (SSSR count). The Morgan fingerprint density at radius 3 is 2.67 bits per heavy atom. The average Bonchev–Trinajstić information content (AvgIpc) is 2.61. The van der Waals surface area contributed by atoms with Crippen molar-refractivity contribution < 1.29 is 14.3 Å². The van der Waals surface area contributed by atoms with Crippen LogP contribution in [0.3, 0.4) is 0 Å². The Bertz CT molecular complexity index is 810. The lowest BCUT2D eigenvalue weighted by Crippen LogP contribution is -2.46. The van der Waals surface area contributed by atoms with Crippen molar-refractivity contribution in [2.75, 3.05) is 18.8 Å². The molecule has 1 aromatic carbocycles. The number of aliphatic hydroxyl groups is 1. The van der Waals surface area contributed by atoms with Crippen LogP contribution in [0.1, 0.15) is 47.9 Å². The molecule has 1 aliphatic heterocycles. The molecule has 1 aromatic heterocycles. The van der Waals surface area contributed by atoms with Gasteiger partial charge in [0.2, 0.25) is 5.95 Å². The molecule has 1 amide bonds. The van der Waals surface area contributed by atoms with Crippen molar-refractivity contribution in [3.05, 3.63) is 53.1 Å². The van der Waals surface area contributed by atoms with Crippen LogP contribution >= 0.6 is 0 Å². The predicted octanol–water partition coefficient (Wildman–Crippen LogP) is 2.39. The number of rotatable bonds is 4. The Kier molecular flexibility index (Phi) is 5.70. The predicted molar refractivity (Wildman–Crippen MR) is 101 cm³/mol. The summed E-state index contributed by atoms with van der Waals surface area (Å²) in [5.74, 6) is -0.222. The number of aliphatic hydroxyl groups excluding tert-OH is 1. The summed E-state index contributed by atoms with van der Waals surface area (Å²) < 4.78 is 13.1. The van der Waals surface area contributed by atoms with Gasteiger partial charge in [0.05, 0.1) is 6.10 Å². The van der Waals surface area contributed by atoms with E-state index in [0.29, 0.717) is 25.3 Å². The molecule has 27 heavy (non-hydrogen) atoms. The van der Waals surface area contributed by atoms with Gasteiger partial charge in [0.1, 0.15) is 11.5 Å². The average molecular weight is 372 g/mol. The molecule has 2 aromatic rings. The van der Waals surface area contributed by atoms with Gasteiger partial charge in [0, 0.05) is 24.7 Å². The molecule has 2 atom stereocenters. The van der Waals surface area contributed by atoms with E-state index in [2.05, 4.69) is 23.8 Å². The molecule has 0 unspecified atom stereocenters. The van der Waals surface area contributed by atoms with Gasteiger partial charge < -0.3 is 15.7 Å². The topological polar surface area (TPSA) is 92.3 Å². The van der Waals surface area contributed by atoms with E-state index in [1.54, 1.807) is 23.1 Å². The summed E-state index contributed by atoms with van der Waals surface area (Å²) >= 11 is 0. The number of amides is 1. The SMILES string of the molecule is CC(C)Cc1cc(C(=O)N2CC[C@@H](c3ccc(F)cc3)[C@H](O)C2)nc(N)n1. The van der Waals surface area contributed by atoms with Crippen molar-refractivity contribution in [3.8, 4) is 0 Å². The quantitative estimate of drug-likeness (QED) is 0.860. The van der Waals surface area contributed by atoms with Crippen LogP contribution in [-0.2, 0) is 6.42 Å². The van der Waals surface area contributed by atoms with Crippen LogP contribution in [0.5, 0.6) is 0 Å². The van der Waals surface area contributed by atoms with Gasteiger partial charge in [-0.25, -0.2) is 14.4 Å². The van der Waals surface area contributed by atoms with Crippen molar-refractivity contribution >= 4 is 11.9 Å². The summed E-state index contributed by atoms with van der Waals surface area (Å²) in [6, 6.07) is 7.82. The molecule has 0 saturated carbocycles. The molecule has 0 spiro atoms. The van der Waals surface area contributed by atoms with Crippen molar-refractivity contribution in [2.24, 2.45) is 5.92 Å². The molecule has 3 N–H and O–H groups in total. The normalized spacial score (nSPS) is 20.1. The van der Waals surface area contributed by atoms with Crippen molar-refractivity contribution in [1.82, 2.24) is 14.9 Å². The molecule has 1 fully saturated rings. The second kappa shape index (κ2) is 8.00. The van der Waals surface area contributed by atoms with Crippen LogP contribution in [0, 0.1) is 11.7 Å². The van der Waals surface area contributed by atoms with Gasteiger partial charge in [-0.05, 0) is 42.5 Å². The summed E-state index contributed by atoms with van der Waals surface area (Å²) in [4.78, 5) is 22.7. The summed E-state index contributed by atoms with van der Waals surface area (Å²) in [5.41, 5.74) is 7.64. The van der Waals surface area contributed by atoms with Crippen LogP contribution in [0.2, 0.25) is 0 Å². The van der Waals surface area contributed by atoms with Gasteiger partial charge in [0.25, 0.3) is 5.91 Å². The summed E-state index contributed by atoms with van der Waals surface area (Å²) in [6.45, 7) is 4.82. The Labute approximate surface area is 158 Å². The van der Waals surface area contributed by atoms with Crippen molar-refractivity contribution in [3.63, 3.8) is 0 Å². The van der Waals surface area contributed by atoms with E-state index in [0.717, 1.165) is 11.3 Å². The van der Waals surface area contributed by atoms with Gasteiger partial charge in [-0.2, -0.15) is 0 Å². The first-order valence-corrected chi connectivity index (χ1v) is 9.19. The Balaban J connectivity index is 1.72. The van der Waals surface area contributed by atoms with Gasteiger partial charge >= 0.3 is 0 Å². The van der Waals surface area contributed by atoms with E-state index >= 15 is 0 Å². The number of anilines is 1. The maximum Gasteiger partial charge on any atom is 0.272 e. The highest BCUT2D eigenvalue weighted by molar-refractivity contribution is 5.92. The number of hydrogen-bond donors (Lipinski definition) is 2. The van der Waals surface area contributed by atoms with E-state index < -0.39 is 6.10 Å². The first kappa shape index (κ1) is 19.2. The minimum atomic E-state index is -0.720. The molecule has 0 aliphatic carbocycles. The highest BCUT2D eigenvalue weighted by Crippen LogP contribution is 2.29. The number of nitrogen functional groups attached to an aromatic ring is 1. The molecular weight excluding hydrogens is 347 g/mol. The maximum atomic E-state index is 13.1. The Morgan fingerprint density at radius 1 is 1.33 bits per heavy atom. The molecule has 1 saturated heterocycles. The fraction of sp³-hybridized carbons (Fsp3) is 0.450. The van der Waals surface area contributed by atoms with Crippen LogP contribution in [-0.4, -0.2) is 45.1 Å². The highest BCUT2D eigenvalue weighted by atomic mass is 19.1. The standard InChI is InChI=1S/C20H25FN4O2/c1-12(2)9-15-10-17(24-20(22)23-15)19(27)25-8-7-16(18(26)11-25)13-3-5-14(21)6-4-13/h3-6,10,12,16,18,26H,7-9,11H2,1-2H3,(H2,22,23,24)/t16-,18+/m0/s1. The second-order valence-electron chi connectivity index (χ2n) is 7.47. The fourth-order valence-corrected chi connectivity index (χ4v) is 3.53. The van der Waals surface area contributed by atoms with E-state index in [-0.39, 0.29) is 35.8 Å². The number of piperidine rings is 1. The monoisotopic (exact) mass is 372 g/mol. The molecule has 0 bridgehead atoms. The third-order valence-corrected chi connectivity index (χ3v) is 4.80. The smallest absolute Gasteiger partial charge is 0.272 e.